The molecule has 1 nitrogen and oxygen atoms in total. The van der Waals surface area contributed by atoms with Gasteiger partial charge in [-0.05, 0) is 32.6 Å². The first-order valence-corrected chi connectivity index (χ1v) is 5.02. The predicted octanol–water partition coefficient (Wildman–Crippen LogP) is 3.41. The Kier molecular flexibility index (Phi) is 3.94. The average molecular weight is 178 g/mol. The Hall–Kier alpha value is -0.850. The smallest absolute Gasteiger partial charge is 0.140 e. The van der Waals surface area contributed by atoms with E-state index in [1.54, 1.807) is 0 Å². The van der Waals surface area contributed by atoms with Crippen molar-refractivity contribution in [3.05, 3.63) is 23.8 Å². The number of allylic oxidation sites excluding steroid dienone is 3. The number of rotatable bonds is 4. The molecule has 0 fully saturated rings. The SMILES string of the molecule is C=C(C)CC(=O)CC1=CCCCC1. The average Bonchev–Trinajstić information content (AvgIpc) is 2.04. The molecule has 0 atom stereocenters. The van der Waals surface area contributed by atoms with E-state index in [0.717, 1.165) is 18.4 Å². The molecular weight excluding hydrogens is 160 g/mol. The standard InChI is InChI=1S/C12H18O/c1-10(2)8-12(13)9-11-6-4-3-5-7-11/h6H,1,3-5,7-9H2,2H3. The van der Waals surface area contributed by atoms with Gasteiger partial charge in [0.1, 0.15) is 5.78 Å². The highest BCUT2D eigenvalue weighted by atomic mass is 16.1. The van der Waals surface area contributed by atoms with Gasteiger partial charge in [-0.2, -0.15) is 0 Å². The van der Waals surface area contributed by atoms with E-state index in [-0.39, 0.29) is 0 Å². The molecule has 0 saturated heterocycles. The molecule has 0 aromatic carbocycles. The van der Waals surface area contributed by atoms with Crippen LogP contribution in [0.15, 0.2) is 23.8 Å². The molecule has 0 aliphatic heterocycles. The largest absolute Gasteiger partial charge is 0.299 e. The van der Waals surface area contributed by atoms with Gasteiger partial charge in [-0.25, -0.2) is 0 Å². The number of Topliss-reactive ketones (excluding diaryl/α,β-unsaturated/α-hetero) is 1. The minimum absolute atomic E-state index is 0.320. The molecule has 0 N–H and O–H groups in total. The minimum atomic E-state index is 0.320. The van der Waals surface area contributed by atoms with Crippen LogP contribution in [0, 0.1) is 0 Å². The third-order valence-corrected chi connectivity index (χ3v) is 2.31. The predicted molar refractivity (Wildman–Crippen MR) is 55.6 cm³/mol. The highest BCUT2D eigenvalue weighted by molar-refractivity contribution is 5.82. The summed E-state index contributed by atoms with van der Waals surface area (Å²) in [5, 5.41) is 0. The lowest BCUT2D eigenvalue weighted by atomic mass is 9.94. The molecule has 0 spiro atoms. The van der Waals surface area contributed by atoms with Crippen molar-refractivity contribution in [2.45, 2.75) is 45.4 Å². The van der Waals surface area contributed by atoms with Crippen molar-refractivity contribution in [2.24, 2.45) is 0 Å². The van der Waals surface area contributed by atoms with Gasteiger partial charge in [-0.15, -0.1) is 0 Å². The van der Waals surface area contributed by atoms with Crippen molar-refractivity contribution in [3.8, 4) is 0 Å². The summed E-state index contributed by atoms with van der Waals surface area (Å²) in [6, 6.07) is 0. The van der Waals surface area contributed by atoms with Crippen molar-refractivity contribution in [1.82, 2.24) is 0 Å². The van der Waals surface area contributed by atoms with Gasteiger partial charge in [0.25, 0.3) is 0 Å². The van der Waals surface area contributed by atoms with E-state index in [0.29, 0.717) is 18.6 Å². The third-order valence-electron chi connectivity index (χ3n) is 2.31. The lowest BCUT2D eigenvalue weighted by Gasteiger charge is -2.11. The lowest BCUT2D eigenvalue weighted by Crippen LogP contribution is -2.02. The molecule has 72 valence electrons. The molecule has 0 radical (unpaired) electrons. The van der Waals surface area contributed by atoms with E-state index in [4.69, 9.17) is 0 Å². The maximum Gasteiger partial charge on any atom is 0.140 e. The molecule has 13 heavy (non-hydrogen) atoms. The van der Waals surface area contributed by atoms with Gasteiger partial charge in [0.2, 0.25) is 0 Å². The maximum absolute atomic E-state index is 11.4. The topological polar surface area (TPSA) is 17.1 Å². The summed E-state index contributed by atoms with van der Waals surface area (Å²) in [4.78, 5) is 11.4. The molecule has 0 bridgehead atoms. The summed E-state index contributed by atoms with van der Waals surface area (Å²) in [5.41, 5.74) is 2.32. The maximum atomic E-state index is 11.4. The van der Waals surface area contributed by atoms with Crippen LogP contribution < -0.4 is 0 Å². The zero-order valence-corrected chi connectivity index (χ0v) is 8.44. The van der Waals surface area contributed by atoms with E-state index < -0.39 is 0 Å². The molecule has 1 aliphatic carbocycles. The van der Waals surface area contributed by atoms with Crippen LogP contribution in [-0.2, 0) is 4.79 Å². The minimum Gasteiger partial charge on any atom is -0.299 e. The Morgan fingerprint density at radius 3 is 2.85 bits per heavy atom. The molecule has 1 aliphatic rings. The Balaban J connectivity index is 2.34. The van der Waals surface area contributed by atoms with Crippen LogP contribution in [0.2, 0.25) is 0 Å². The normalized spacial score (nSPS) is 16.5. The zero-order chi connectivity index (χ0) is 9.68. The summed E-state index contributed by atoms with van der Waals surface area (Å²) in [7, 11) is 0. The van der Waals surface area contributed by atoms with Crippen LogP contribution in [0.4, 0.5) is 0 Å². The summed E-state index contributed by atoms with van der Waals surface area (Å²) in [6.07, 6.45) is 8.28. The van der Waals surface area contributed by atoms with Crippen molar-refractivity contribution < 1.29 is 4.79 Å². The summed E-state index contributed by atoms with van der Waals surface area (Å²) in [5.74, 6) is 0.320. The molecular formula is C12H18O. The van der Waals surface area contributed by atoms with Gasteiger partial charge in [0, 0.05) is 12.8 Å². The van der Waals surface area contributed by atoms with Crippen LogP contribution in [0.25, 0.3) is 0 Å². The summed E-state index contributed by atoms with van der Waals surface area (Å²) >= 11 is 0. The van der Waals surface area contributed by atoms with Crippen LogP contribution in [0.3, 0.4) is 0 Å². The number of hydrogen-bond acceptors (Lipinski definition) is 1. The second kappa shape index (κ2) is 5.00. The monoisotopic (exact) mass is 178 g/mol. The second-order valence-corrected chi connectivity index (χ2v) is 3.96. The second-order valence-electron chi connectivity index (χ2n) is 3.96. The Morgan fingerprint density at radius 2 is 2.31 bits per heavy atom. The first-order valence-electron chi connectivity index (χ1n) is 5.02. The number of carbonyl (C=O) groups is 1. The number of hydrogen-bond donors (Lipinski definition) is 0. The fourth-order valence-electron chi connectivity index (χ4n) is 1.72. The van der Waals surface area contributed by atoms with Gasteiger partial charge in [0.05, 0.1) is 0 Å². The Bertz CT molecular complexity index is 236. The van der Waals surface area contributed by atoms with E-state index in [1.807, 2.05) is 6.92 Å². The molecule has 0 heterocycles. The summed E-state index contributed by atoms with van der Waals surface area (Å²) in [6.45, 7) is 5.66. The quantitative estimate of drug-likeness (QED) is 0.603. The Morgan fingerprint density at radius 1 is 1.54 bits per heavy atom. The van der Waals surface area contributed by atoms with Crippen LogP contribution >= 0.6 is 0 Å². The highest BCUT2D eigenvalue weighted by Gasteiger charge is 2.08. The molecule has 0 unspecified atom stereocenters. The molecule has 0 aromatic rings. The first-order chi connectivity index (χ1) is 6.18. The van der Waals surface area contributed by atoms with E-state index in [1.165, 1.54) is 18.4 Å². The molecule has 0 amide bonds. The zero-order valence-electron chi connectivity index (χ0n) is 8.44. The van der Waals surface area contributed by atoms with Gasteiger partial charge < -0.3 is 0 Å². The van der Waals surface area contributed by atoms with Crippen LogP contribution in [0.1, 0.15) is 45.4 Å². The fraction of sp³-hybridized carbons (Fsp3) is 0.583. The third kappa shape index (κ3) is 4.07. The van der Waals surface area contributed by atoms with Gasteiger partial charge in [0.15, 0.2) is 0 Å². The highest BCUT2D eigenvalue weighted by Crippen LogP contribution is 2.21. The van der Waals surface area contributed by atoms with Crippen molar-refractivity contribution in [2.75, 3.05) is 0 Å². The van der Waals surface area contributed by atoms with Crippen molar-refractivity contribution >= 4 is 5.78 Å². The molecule has 0 aromatic heterocycles. The lowest BCUT2D eigenvalue weighted by molar-refractivity contribution is -0.117. The molecule has 1 rings (SSSR count). The Labute approximate surface area is 80.5 Å². The van der Waals surface area contributed by atoms with Crippen LogP contribution in [-0.4, -0.2) is 5.78 Å². The number of carbonyl (C=O) groups excluding carboxylic acids is 1. The fourth-order valence-corrected chi connectivity index (χ4v) is 1.72. The van der Waals surface area contributed by atoms with E-state index in [9.17, 15) is 4.79 Å². The van der Waals surface area contributed by atoms with Gasteiger partial charge in [-0.3, -0.25) is 4.79 Å². The molecule has 0 saturated carbocycles. The van der Waals surface area contributed by atoms with Crippen molar-refractivity contribution in [1.29, 1.82) is 0 Å². The number of ketones is 1. The molecule has 1 heteroatoms. The van der Waals surface area contributed by atoms with Gasteiger partial charge in [-0.1, -0.05) is 23.8 Å². The summed E-state index contributed by atoms with van der Waals surface area (Å²) < 4.78 is 0. The first kappa shape index (κ1) is 10.2. The van der Waals surface area contributed by atoms with Gasteiger partial charge >= 0.3 is 0 Å². The van der Waals surface area contributed by atoms with E-state index in [2.05, 4.69) is 12.7 Å². The van der Waals surface area contributed by atoms with Crippen molar-refractivity contribution in [3.63, 3.8) is 0 Å². The van der Waals surface area contributed by atoms with E-state index >= 15 is 0 Å². The van der Waals surface area contributed by atoms with Crippen LogP contribution in [0.5, 0.6) is 0 Å².